The number of aromatic nitrogens is 2. The topological polar surface area (TPSA) is 74.6 Å². The number of hydrogen-bond acceptors (Lipinski definition) is 5. The van der Waals surface area contributed by atoms with Crippen molar-refractivity contribution in [3.63, 3.8) is 0 Å². The lowest BCUT2D eigenvalue weighted by atomic mass is 9.70. The Morgan fingerprint density at radius 2 is 2.11 bits per heavy atom. The van der Waals surface area contributed by atoms with Crippen LogP contribution in [0, 0.1) is 12.4 Å². The van der Waals surface area contributed by atoms with Gasteiger partial charge in [-0.05, 0) is 44.6 Å². The van der Waals surface area contributed by atoms with E-state index in [0.29, 0.717) is 55.1 Å². The molecule has 2 N–H and O–H groups in total. The Labute approximate surface area is 164 Å². The highest BCUT2D eigenvalue weighted by Crippen LogP contribution is 2.45. The summed E-state index contributed by atoms with van der Waals surface area (Å²) in [7, 11) is 0. The van der Waals surface area contributed by atoms with Crippen LogP contribution in [0.5, 0.6) is 5.88 Å². The number of hydrogen-bond donors (Lipinski definition) is 1. The minimum atomic E-state index is -0.346. The normalized spacial score (nSPS) is 26.3. The van der Waals surface area contributed by atoms with Crippen molar-refractivity contribution in [2.24, 2.45) is 5.73 Å². The molecule has 3 fully saturated rings. The monoisotopic (exact) mass is 384 g/mol. The van der Waals surface area contributed by atoms with Gasteiger partial charge in [-0.15, -0.1) is 0 Å². The van der Waals surface area contributed by atoms with Crippen molar-refractivity contribution in [3.8, 4) is 5.88 Å². The fraction of sp³-hybridized carbons (Fsp3) is 0.571. The molecule has 5 rings (SSSR count). The maximum Gasteiger partial charge on any atom is 0.217 e. The number of nitrogens with zero attached hydrogens (tertiary/aromatic N) is 3. The zero-order valence-corrected chi connectivity index (χ0v) is 15.9. The van der Waals surface area contributed by atoms with Gasteiger partial charge in [0.25, 0.3) is 0 Å². The Morgan fingerprint density at radius 1 is 1.29 bits per heavy atom. The van der Waals surface area contributed by atoms with Crippen LogP contribution in [0.1, 0.15) is 44.1 Å². The lowest BCUT2D eigenvalue weighted by Crippen LogP contribution is -2.59. The fourth-order valence-electron chi connectivity index (χ4n) is 4.18. The van der Waals surface area contributed by atoms with Crippen LogP contribution in [0.15, 0.2) is 18.3 Å². The Morgan fingerprint density at radius 3 is 2.82 bits per heavy atom. The molecule has 0 radical (unpaired) electrons. The lowest BCUT2D eigenvalue weighted by Gasteiger charge is -2.51. The molecule has 1 saturated carbocycles. The number of rotatable bonds is 7. The molecule has 28 heavy (non-hydrogen) atoms. The van der Waals surface area contributed by atoms with Crippen molar-refractivity contribution in [3.05, 3.63) is 41.1 Å². The van der Waals surface area contributed by atoms with Gasteiger partial charge in [0.15, 0.2) is 0 Å². The van der Waals surface area contributed by atoms with E-state index in [1.165, 1.54) is 6.20 Å². The van der Waals surface area contributed by atoms with Gasteiger partial charge >= 0.3 is 0 Å². The summed E-state index contributed by atoms with van der Waals surface area (Å²) in [5.41, 5.74) is 7.69. The van der Waals surface area contributed by atoms with Gasteiger partial charge in [0.1, 0.15) is 5.82 Å². The van der Waals surface area contributed by atoms with E-state index in [9.17, 15) is 4.39 Å². The molecule has 2 saturated heterocycles. The highest BCUT2D eigenvalue weighted by Gasteiger charge is 2.47. The first kappa shape index (κ1) is 19.0. The van der Waals surface area contributed by atoms with E-state index in [4.69, 9.17) is 21.8 Å². The maximum absolute atomic E-state index is 14.6. The minimum Gasteiger partial charge on any atom is -0.477 e. The van der Waals surface area contributed by atoms with Gasteiger partial charge in [0.05, 0.1) is 42.5 Å². The molecular weight excluding hydrogens is 359 g/mol. The van der Waals surface area contributed by atoms with Gasteiger partial charge in [-0.25, -0.2) is 15.9 Å². The molecule has 0 aromatic carbocycles. The van der Waals surface area contributed by atoms with Crippen molar-refractivity contribution >= 4 is 11.0 Å². The van der Waals surface area contributed by atoms with E-state index in [1.54, 1.807) is 12.1 Å². The van der Waals surface area contributed by atoms with Crippen molar-refractivity contribution < 1.29 is 13.9 Å². The second kappa shape index (κ2) is 7.61. The summed E-state index contributed by atoms with van der Waals surface area (Å²) >= 11 is 0. The van der Waals surface area contributed by atoms with Crippen LogP contribution in [0.2, 0.25) is 0 Å². The molecule has 4 heterocycles. The van der Waals surface area contributed by atoms with Gasteiger partial charge in [-0.3, -0.25) is 4.98 Å². The Kier molecular flexibility index (Phi) is 5.17. The lowest BCUT2D eigenvalue weighted by molar-refractivity contribution is -0.156. The first-order valence-electron chi connectivity index (χ1n) is 9.86. The zero-order valence-electron chi connectivity index (χ0n) is 15.9. The van der Waals surface area contributed by atoms with E-state index < -0.39 is 0 Å². The largest absolute Gasteiger partial charge is 0.477 e. The third-order valence-electron chi connectivity index (χ3n) is 6.06. The van der Waals surface area contributed by atoms with E-state index in [0.717, 1.165) is 32.1 Å². The van der Waals surface area contributed by atoms with Crippen LogP contribution in [0.3, 0.4) is 0 Å². The summed E-state index contributed by atoms with van der Waals surface area (Å²) in [6.45, 7) is 8.23. The van der Waals surface area contributed by atoms with Gasteiger partial charge in [0, 0.05) is 17.2 Å². The first-order chi connectivity index (χ1) is 13.5. The molecule has 0 unspecified atom stereocenters. The number of aryl methyl sites for hydroxylation is 1. The van der Waals surface area contributed by atoms with Gasteiger partial charge in [-0.2, -0.15) is 0 Å². The maximum atomic E-state index is 14.6. The molecule has 2 aliphatic heterocycles. The number of fused-ring (bicyclic) bond motifs is 4. The predicted octanol–water partition coefficient (Wildman–Crippen LogP) is 3.43. The number of nitrogens with two attached hydrogens (primary N) is 1. The summed E-state index contributed by atoms with van der Waals surface area (Å²) < 4.78 is 26.3. The van der Waals surface area contributed by atoms with Crippen molar-refractivity contribution in [1.29, 1.82) is 0 Å². The van der Waals surface area contributed by atoms with Crippen molar-refractivity contribution in [2.75, 3.05) is 19.8 Å². The molecular formula is C21H25FN4O2. The molecule has 2 bridgehead atoms. The quantitative estimate of drug-likeness (QED) is 0.585. The minimum absolute atomic E-state index is 0.169. The smallest absolute Gasteiger partial charge is 0.217 e. The van der Waals surface area contributed by atoms with Gasteiger partial charge < -0.3 is 20.1 Å². The van der Waals surface area contributed by atoms with Crippen LogP contribution in [0.25, 0.3) is 15.9 Å². The summed E-state index contributed by atoms with van der Waals surface area (Å²) in [5, 5.41) is 0. The molecule has 1 aliphatic carbocycles. The van der Waals surface area contributed by atoms with Gasteiger partial charge in [0.2, 0.25) is 12.4 Å². The second-order valence-corrected chi connectivity index (χ2v) is 8.02. The van der Waals surface area contributed by atoms with Crippen LogP contribution < -0.4 is 10.5 Å². The second-order valence-electron chi connectivity index (χ2n) is 8.02. The molecule has 148 valence electrons. The van der Waals surface area contributed by atoms with Gasteiger partial charge in [-0.1, -0.05) is 0 Å². The molecule has 0 spiro atoms. The Hall–Kier alpha value is -2.30. The Balaban J connectivity index is 1.52. The Bertz CT molecular complexity index is 887. The third-order valence-corrected chi connectivity index (χ3v) is 6.06. The standard InChI is InChI=1S/C21H25FN4O2/c1-24-11-2-12-27-18-4-3-17-19(26-18)15(16(22)13-25-17)5-6-21-9-7-20(23,8-10-21)14-28-21/h3-4,13H,2,5-12,14,23H2. The average Bonchev–Trinajstić information content (AvgIpc) is 2.72. The van der Waals surface area contributed by atoms with Crippen LogP contribution in [-0.2, 0) is 11.2 Å². The van der Waals surface area contributed by atoms with E-state index in [1.807, 2.05) is 0 Å². The predicted molar refractivity (Wildman–Crippen MR) is 103 cm³/mol. The summed E-state index contributed by atoms with van der Waals surface area (Å²) in [5.74, 6) is 0.0881. The zero-order chi connectivity index (χ0) is 19.6. The molecule has 6 nitrogen and oxygen atoms in total. The average molecular weight is 384 g/mol. The summed E-state index contributed by atoms with van der Waals surface area (Å²) in [6.07, 6.45) is 6.98. The highest BCUT2D eigenvalue weighted by atomic mass is 19.1. The SMILES string of the molecule is [C-]#[N+]CCCOc1ccc2ncc(F)c(CCC34CCC(N)(CC3)CO4)c2n1. The molecule has 2 aromatic heterocycles. The number of ether oxygens (including phenoxy) is 2. The molecule has 3 aliphatic rings. The third kappa shape index (κ3) is 3.80. The van der Waals surface area contributed by atoms with Crippen LogP contribution in [-0.4, -0.2) is 40.9 Å². The molecule has 0 atom stereocenters. The van der Waals surface area contributed by atoms with E-state index >= 15 is 0 Å². The number of pyridine rings is 2. The van der Waals surface area contributed by atoms with E-state index in [2.05, 4.69) is 14.8 Å². The van der Waals surface area contributed by atoms with Crippen LogP contribution >= 0.6 is 0 Å². The molecule has 0 amide bonds. The fourth-order valence-corrected chi connectivity index (χ4v) is 4.18. The van der Waals surface area contributed by atoms with E-state index in [-0.39, 0.29) is 17.0 Å². The van der Waals surface area contributed by atoms with Crippen molar-refractivity contribution in [2.45, 2.75) is 56.1 Å². The summed E-state index contributed by atoms with van der Waals surface area (Å²) in [4.78, 5) is 12.0. The van der Waals surface area contributed by atoms with Crippen molar-refractivity contribution in [1.82, 2.24) is 9.97 Å². The number of halogens is 1. The van der Waals surface area contributed by atoms with Crippen LogP contribution in [0.4, 0.5) is 4.39 Å². The summed E-state index contributed by atoms with van der Waals surface area (Å²) in [6, 6.07) is 3.54. The molecule has 2 aromatic rings. The molecule has 7 heteroatoms. The highest BCUT2D eigenvalue weighted by molar-refractivity contribution is 5.78. The first-order valence-corrected chi connectivity index (χ1v) is 9.86.